The van der Waals surface area contributed by atoms with E-state index in [4.69, 9.17) is 14.2 Å². The van der Waals surface area contributed by atoms with Crippen molar-refractivity contribution < 1.29 is 38.2 Å². The Morgan fingerprint density at radius 3 is 1.95 bits per heavy atom. The fourth-order valence-corrected chi connectivity index (χ4v) is 4.04. The van der Waals surface area contributed by atoms with Crippen LogP contribution in [0.25, 0.3) is 0 Å². The van der Waals surface area contributed by atoms with Crippen LogP contribution in [0.5, 0.6) is 0 Å². The van der Waals surface area contributed by atoms with Crippen molar-refractivity contribution in [2.24, 2.45) is 0 Å². The number of carboxylic acid groups (broad SMARTS) is 1. The number of quaternary nitrogens is 1. The first-order valence-electron chi connectivity index (χ1n) is 14.7. The van der Waals surface area contributed by atoms with E-state index < -0.39 is 18.1 Å². The number of unbranched alkanes of at least 4 members (excludes halogenated alkanes) is 9. The molecular weight excluding hydrogens is 486 g/mol. The highest BCUT2D eigenvalue weighted by atomic mass is 16.6. The van der Waals surface area contributed by atoms with Gasteiger partial charge in [0, 0.05) is 19.3 Å². The van der Waals surface area contributed by atoms with Gasteiger partial charge in [-0.1, -0.05) is 64.5 Å². The zero-order valence-electron chi connectivity index (χ0n) is 24.8. The van der Waals surface area contributed by atoms with E-state index in [-0.39, 0.29) is 42.7 Å². The average Bonchev–Trinajstić information content (AvgIpc) is 2.84. The van der Waals surface area contributed by atoms with E-state index in [1.165, 1.54) is 38.5 Å². The number of nitrogens with zero attached hydrogens (tertiary/aromatic N) is 1. The summed E-state index contributed by atoms with van der Waals surface area (Å²) in [5, 5.41) is 11.4. The molecule has 0 saturated heterocycles. The Bertz CT molecular complexity index is 657. The van der Waals surface area contributed by atoms with E-state index in [1.54, 1.807) is 21.1 Å². The molecule has 0 saturated carbocycles. The van der Waals surface area contributed by atoms with E-state index in [0.29, 0.717) is 19.3 Å². The van der Waals surface area contributed by atoms with E-state index in [2.05, 4.69) is 19.1 Å². The minimum atomic E-state index is -1.13. The van der Waals surface area contributed by atoms with Crippen LogP contribution >= 0.6 is 0 Å². The van der Waals surface area contributed by atoms with Gasteiger partial charge in [0.05, 0.1) is 40.3 Å². The molecule has 0 aliphatic carbocycles. The summed E-state index contributed by atoms with van der Waals surface area (Å²) >= 11 is 0. The van der Waals surface area contributed by atoms with Crippen molar-refractivity contribution in [1.82, 2.24) is 0 Å². The van der Waals surface area contributed by atoms with Gasteiger partial charge in [-0.25, -0.2) is 0 Å². The summed E-state index contributed by atoms with van der Waals surface area (Å²) in [6, 6.07) is -0.718. The Balaban J connectivity index is 4.27. The van der Waals surface area contributed by atoms with Gasteiger partial charge in [0.2, 0.25) is 0 Å². The quantitative estimate of drug-likeness (QED) is 0.0712. The third-order valence-corrected chi connectivity index (χ3v) is 6.37. The molecule has 0 fully saturated rings. The Labute approximate surface area is 231 Å². The van der Waals surface area contributed by atoms with Crippen molar-refractivity contribution in [3.05, 3.63) is 12.2 Å². The maximum atomic E-state index is 12.4. The minimum Gasteiger partial charge on any atom is -0.544 e. The van der Waals surface area contributed by atoms with Gasteiger partial charge in [0.1, 0.15) is 12.6 Å². The molecular formula is C30H55NO7. The van der Waals surface area contributed by atoms with Crippen LogP contribution in [0, 0.1) is 0 Å². The monoisotopic (exact) mass is 541 g/mol. The number of hydrogen-bond acceptors (Lipinski definition) is 7. The Morgan fingerprint density at radius 2 is 1.37 bits per heavy atom. The molecule has 0 bridgehead atoms. The van der Waals surface area contributed by atoms with E-state index in [9.17, 15) is 19.5 Å². The van der Waals surface area contributed by atoms with Crippen LogP contribution in [-0.4, -0.2) is 75.5 Å². The van der Waals surface area contributed by atoms with Gasteiger partial charge >= 0.3 is 11.9 Å². The van der Waals surface area contributed by atoms with Gasteiger partial charge in [-0.15, -0.1) is 0 Å². The topological polar surface area (TPSA) is 102 Å². The number of carboxylic acids is 1. The van der Waals surface area contributed by atoms with Gasteiger partial charge in [-0.2, -0.15) is 0 Å². The van der Waals surface area contributed by atoms with E-state index in [0.717, 1.165) is 32.1 Å². The summed E-state index contributed by atoms with van der Waals surface area (Å²) < 4.78 is 16.6. The van der Waals surface area contributed by atoms with Crippen molar-refractivity contribution in [1.29, 1.82) is 0 Å². The molecule has 0 aliphatic heterocycles. The normalized spacial score (nSPS) is 13.4. The molecule has 0 aliphatic rings. The first-order chi connectivity index (χ1) is 18.1. The highest BCUT2D eigenvalue weighted by molar-refractivity contribution is 5.70. The number of hydrogen-bond donors (Lipinski definition) is 0. The standard InChI is InChI=1S/C30H55NO7/c1-6-8-9-10-11-12-13-14-15-16-17-18-19-21-29(33)38-26(25-37-28(32)20-7-2)24-36-23-22-27(30(34)35)31(3,4)5/h12-13,26-27H,6-11,14-25H2,1-5H3/b13-12-. The first kappa shape index (κ1) is 36.1. The highest BCUT2D eigenvalue weighted by Crippen LogP contribution is 2.11. The largest absolute Gasteiger partial charge is 0.544 e. The number of aliphatic carboxylic acids is 1. The minimum absolute atomic E-state index is 0.0359. The third kappa shape index (κ3) is 21.1. The maximum Gasteiger partial charge on any atom is 0.306 e. The zero-order chi connectivity index (χ0) is 28.7. The highest BCUT2D eigenvalue weighted by Gasteiger charge is 2.25. The zero-order valence-corrected chi connectivity index (χ0v) is 24.8. The molecule has 0 heterocycles. The van der Waals surface area contributed by atoms with Crippen molar-refractivity contribution in [3.8, 4) is 0 Å². The van der Waals surface area contributed by atoms with Crippen LogP contribution in [0.3, 0.4) is 0 Å². The van der Waals surface area contributed by atoms with E-state index in [1.807, 2.05) is 6.92 Å². The summed E-state index contributed by atoms with van der Waals surface area (Å²) in [7, 11) is 5.35. The number of esters is 2. The maximum absolute atomic E-state index is 12.4. The second-order valence-corrected chi connectivity index (χ2v) is 11.0. The molecule has 2 atom stereocenters. The Morgan fingerprint density at radius 1 is 0.763 bits per heavy atom. The van der Waals surface area contributed by atoms with E-state index >= 15 is 0 Å². The average molecular weight is 542 g/mol. The Hall–Kier alpha value is -1.93. The number of likely N-dealkylation sites (N-methyl/N-ethyl adjacent to an activating group) is 1. The molecule has 0 aromatic rings. The molecule has 8 heteroatoms. The van der Waals surface area contributed by atoms with Crippen LogP contribution in [0.15, 0.2) is 12.2 Å². The van der Waals surface area contributed by atoms with Crippen LogP contribution < -0.4 is 5.11 Å². The molecule has 0 aromatic carbocycles. The first-order valence-corrected chi connectivity index (χ1v) is 14.7. The molecule has 0 aromatic heterocycles. The molecule has 0 N–H and O–H groups in total. The molecule has 0 radical (unpaired) electrons. The molecule has 0 spiro atoms. The summed E-state index contributed by atoms with van der Waals surface area (Å²) in [6.07, 6.45) is 18.1. The summed E-state index contributed by atoms with van der Waals surface area (Å²) in [4.78, 5) is 35.5. The SMILES string of the molecule is CCCCCC/C=C\CCCCCCCC(=O)OC(COCCC(C(=O)[O-])[N+](C)(C)C)COC(=O)CCC. The fraction of sp³-hybridized carbons (Fsp3) is 0.833. The number of rotatable bonds is 25. The summed E-state index contributed by atoms with van der Waals surface area (Å²) in [5.74, 6) is -1.82. The van der Waals surface area contributed by atoms with Crippen LogP contribution in [-0.2, 0) is 28.6 Å². The van der Waals surface area contributed by atoms with Crippen molar-refractivity contribution >= 4 is 17.9 Å². The van der Waals surface area contributed by atoms with Crippen molar-refractivity contribution in [2.75, 3.05) is 41.0 Å². The third-order valence-electron chi connectivity index (χ3n) is 6.37. The van der Waals surface area contributed by atoms with Gasteiger partial charge in [-0.3, -0.25) is 9.59 Å². The van der Waals surface area contributed by atoms with Gasteiger partial charge < -0.3 is 28.6 Å². The predicted octanol–water partition coefficient (Wildman–Crippen LogP) is 4.73. The molecule has 222 valence electrons. The fourth-order valence-electron chi connectivity index (χ4n) is 4.04. The lowest BCUT2D eigenvalue weighted by molar-refractivity contribution is -0.889. The second kappa shape index (κ2) is 23.0. The summed E-state index contributed by atoms with van der Waals surface area (Å²) in [6.45, 7) is 4.24. The van der Waals surface area contributed by atoms with Gasteiger partial charge in [-0.05, 0) is 38.5 Å². The predicted molar refractivity (Wildman–Crippen MR) is 148 cm³/mol. The number of carbonyl (C=O) groups excluding carboxylic acids is 3. The smallest absolute Gasteiger partial charge is 0.306 e. The van der Waals surface area contributed by atoms with Crippen LogP contribution in [0.1, 0.15) is 110 Å². The molecule has 8 nitrogen and oxygen atoms in total. The van der Waals surface area contributed by atoms with Crippen LogP contribution in [0.2, 0.25) is 0 Å². The second-order valence-electron chi connectivity index (χ2n) is 11.0. The summed E-state index contributed by atoms with van der Waals surface area (Å²) in [5.41, 5.74) is 0. The Kier molecular flexibility index (Phi) is 21.8. The lowest BCUT2D eigenvalue weighted by Crippen LogP contribution is -2.55. The molecule has 0 rings (SSSR count). The molecule has 38 heavy (non-hydrogen) atoms. The van der Waals surface area contributed by atoms with Crippen molar-refractivity contribution in [3.63, 3.8) is 0 Å². The van der Waals surface area contributed by atoms with Gasteiger partial charge in [0.25, 0.3) is 0 Å². The lowest BCUT2D eigenvalue weighted by atomic mass is 10.1. The van der Waals surface area contributed by atoms with Crippen molar-refractivity contribution in [2.45, 2.75) is 122 Å². The molecule has 0 amide bonds. The lowest BCUT2D eigenvalue weighted by Gasteiger charge is -2.34. The molecule has 2 unspecified atom stereocenters. The number of allylic oxidation sites excluding steroid dienone is 2. The van der Waals surface area contributed by atoms with Gasteiger partial charge in [0.15, 0.2) is 6.10 Å². The van der Waals surface area contributed by atoms with Crippen LogP contribution in [0.4, 0.5) is 0 Å². The number of ether oxygens (including phenoxy) is 3. The number of carbonyl (C=O) groups is 3.